The molecule has 0 atom stereocenters. The summed E-state index contributed by atoms with van der Waals surface area (Å²) in [4.78, 5) is 4.79. The highest BCUT2D eigenvalue weighted by Crippen LogP contribution is 2.35. The van der Waals surface area contributed by atoms with Crippen LogP contribution in [0.3, 0.4) is 0 Å². The van der Waals surface area contributed by atoms with Gasteiger partial charge in [0.05, 0.1) is 6.54 Å². The fraction of sp³-hybridized carbons (Fsp3) is 0.435. The van der Waals surface area contributed by atoms with E-state index in [9.17, 15) is 8.78 Å². The average molecular weight is 402 g/mol. The van der Waals surface area contributed by atoms with Crippen LogP contribution in [0, 0.1) is 11.6 Å². The molecule has 0 bridgehead atoms. The van der Waals surface area contributed by atoms with E-state index in [2.05, 4.69) is 10.6 Å². The summed E-state index contributed by atoms with van der Waals surface area (Å²) in [6.45, 7) is 5.12. The van der Waals surface area contributed by atoms with E-state index >= 15 is 0 Å². The lowest BCUT2D eigenvalue weighted by atomic mass is 9.74. The van der Waals surface area contributed by atoms with E-state index in [-0.39, 0.29) is 17.0 Å². The summed E-state index contributed by atoms with van der Waals surface area (Å²) >= 11 is 0. The molecule has 0 saturated carbocycles. The molecule has 4 nitrogen and oxygen atoms in total. The molecule has 6 heteroatoms. The van der Waals surface area contributed by atoms with Gasteiger partial charge in [0.2, 0.25) is 0 Å². The third-order valence-corrected chi connectivity index (χ3v) is 5.42. The van der Waals surface area contributed by atoms with Crippen molar-refractivity contribution in [3.63, 3.8) is 0 Å². The molecule has 1 aliphatic heterocycles. The van der Waals surface area contributed by atoms with Crippen LogP contribution in [0.1, 0.15) is 30.9 Å². The van der Waals surface area contributed by atoms with E-state index in [1.54, 1.807) is 24.3 Å². The molecule has 156 valence electrons. The number of halogens is 2. The molecule has 29 heavy (non-hydrogen) atoms. The Morgan fingerprint density at radius 2 is 1.86 bits per heavy atom. The van der Waals surface area contributed by atoms with Gasteiger partial charge in [-0.15, -0.1) is 0 Å². The summed E-state index contributed by atoms with van der Waals surface area (Å²) in [7, 11) is 0. The second-order valence-electron chi connectivity index (χ2n) is 7.37. The molecule has 0 radical (unpaired) electrons. The number of benzene rings is 2. The summed E-state index contributed by atoms with van der Waals surface area (Å²) < 4.78 is 33.2. The van der Waals surface area contributed by atoms with Crippen LogP contribution >= 0.6 is 0 Å². The van der Waals surface area contributed by atoms with Crippen LogP contribution in [0.5, 0.6) is 0 Å². The first-order valence-corrected chi connectivity index (χ1v) is 10.2. The van der Waals surface area contributed by atoms with Gasteiger partial charge in [-0.25, -0.2) is 8.78 Å². The van der Waals surface area contributed by atoms with E-state index < -0.39 is 0 Å². The first-order valence-electron chi connectivity index (χ1n) is 10.2. The fourth-order valence-electron chi connectivity index (χ4n) is 3.71. The zero-order valence-electron chi connectivity index (χ0n) is 16.9. The maximum Gasteiger partial charge on any atom is 0.191 e. The minimum atomic E-state index is -0.242. The number of nitrogens with zero attached hydrogens (tertiary/aromatic N) is 1. The number of hydrogen-bond acceptors (Lipinski definition) is 2. The number of hydrogen-bond donors (Lipinski definition) is 2. The smallest absolute Gasteiger partial charge is 0.191 e. The predicted octanol–water partition coefficient (Wildman–Crippen LogP) is 3.81. The van der Waals surface area contributed by atoms with Crippen molar-refractivity contribution in [3.8, 4) is 0 Å². The van der Waals surface area contributed by atoms with Gasteiger partial charge in [0.15, 0.2) is 5.96 Å². The zero-order chi connectivity index (χ0) is 20.5. The molecular weight excluding hydrogens is 372 g/mol. The van der Waals surface area contributed by atoms with Crippen LogP contribution in [0.2, 0.25) is 0 Å². The monoisotopic (exact) mass is 401 g/mol. The Hall–Kier alpha value is -2.47. The summed E-state index contributed by atoms with van der Waals surface area (Å²) in [5, 5.41) is 6.53. The Morgan fingerprint density at radius 1 is 1.07 bits per heavy atom. The van der Waals surface area contributed by atoms with Gasteiger partial charge in [-0.3, -0.25) is 4.99 Å². The summed E-state index contributed by atoms with van der Waals surface area (Å²) in [5.74, 6) is 0.266. The largest absolute Gasteiger partial charge is 0.381 e. The first-order chi connectivity index (χ1) is 14.1. The van der Waals surface area contributed by atoms with Crippen molar-refractivity contribution in [1.29, 1.82) is 0 Å². The van der Waals surface area contributed by atoms with Gasteiger partial charge in [-0.05, 0) is 55.5 Å². The van der Waals surface area contributed by atoms with Gasteiger partial charge in [-0.1, -0.05) is 30.3 Å². The van der Waals surface area contributed by atoms with E-state index in [0.29, 0.717) is 44.2 Å². The number of ether oxygens (including phenoxy) is 1. The highest BCUT2D eigenvalue weighted by atomic mass is 19.1. The topological polar surface area (TPSA) is 45.7 Å². The van der Waals surface area contributed by atoms with Gasteiger partial charge < -0.3 is 15.4 Å². The molecule has 0 unspecified atom stereocenters. The second kappa shape index (κ2) is 10.3. The van der Waals surface area contributed by atoms with Gasteiger partial charge in [0.25, 0.3) is 0 Å². The Kier molecular flexibility index (Phi) is 7.58. The van der Waals surface area contributed by atoms with E-state index in [1.807, 2.05) is 19.1 Å². The molecule has 2 N–H and O–H groups in total. The predicted molar refractivity (Wildman–Crippen MR) is 112 cm³/mol. The van der Waals surface area contributed by atoms with E-state index in [1.165, 1.54) is 12.1 Å². The number of aliphatic imine (C=N–C) groups is 1. The van der Waals surface area contributed by atoms with Crippen molar-refractivity contribution < 1.29 is 13.5 Å². The summed E-state index contributed by atoms with van der Waals surface area (Å²) in [5.41, 5.74) is 1.40. The van der Waals surface area contributed by atoms with Crippen molar-refractivity contribution >= 4 is 5.96 Å². The highest BCUT2D eigenvalue weighted by molar-refractivity contribution is 5.79. The van der Waals surface area contributed by atoms with Crippen molar-refractivity contribution in [3.05, 3.63) is 71.3 Å². The van der Waals surface area contributed by atoms with Gasteiger partial charge >= 0.3 is 0 Å². The fourth-order valence-corrected chi connectivity index (χ4v) is 3.71. The third kappa shape index (κ3) is 5.76. The van der Waals surface area contributed by atoms with E-state index in [0.717, 1.165) is 24.9 Å². The quantitative estimate of drug-likeness (QED) is 0.548. The Morgan fingerprint density at radius 3 is 2.59 bits per heavy atom. The number of rotatable bonds is 7. The highest BCUT2D eigenvalue weighted by Gasteiger charge is 2.34. The molecule has 3 rings (SSSR count). The first kappa shape index (κ1) is 21.2. The minimum Gasteiger partial charge on any atom is -0.381 e. The molecule has 0 aliphatic carbocycles. The summed E-state index contributed by atoms with van der Waals surface area (Å²) in [6.07, 6.45) is 2.17. The Labute approximate surface area is 171 Å². The molecule has 1 saturated heterocycles. The van der Waals surface area contributed by atoms with Gasteiger partial charge in [0.1, 0.15) is 11.6 Å². The lowest BCUT2D eigenvalue weighted by Gasteiger charge is -2.36. The average Bonchev–Trinajstić information content (AvgIpc) is 2.74. The molecule has 0 amide bonds. The van der Waals surface area contributed by atoms with Crippen LogP contribution < -0.4 is 10.6 Å². The maximum absolute atomic E-state index is 13.8. The van der Waals surface area contributed by atoms with Crippen molar-refractivity contribution in [2.24, 2.45) is 4.99 Å². The number of guanidine groups is 1. The number of nitrogens with one attached hydrogen (secondary N) is 2. The molecule has 1 heterocycles. The van der Waals surface area contributed by atoms with E-state index in [4.69, 9.17) is 9.73 Å². The Balaban J connectivity index is 1.70. The van der Waals surface area contributed by atoms with Crippen LogP contribution in [-0.4, -0.2) is 38.8 Å². The minimum absolute atomic E-state index is 0.191. The van der Waals surface area contributed by atoms with Crippen molar-refractivity contribution in [2.75, 3.05) is 32.8 Å². The zero-order valence-corrected chi connectivity index (χ0v) is 16.9. The molecule has 0 spiro atoms. The maximum atomic E-state index is 13.8. The van der Waals surface area contributed by atoms with Crippen molar-refractivity contribution in [2.45, 2.75) is 31.6 Å². The molecule has 1 fully saturated rings. The van der Waals surface area contributed by atoms with Gasteiger partial charge in [-0.2, -0.15) is 0 Å². The molecular formula is C23H29F2N3O. The SMILES string of the molecule is CCNC(=NCC1(c2cccc(F)c2)CCOCC1)NCCc1ccccc1F. The molecule has 2 aromatic rings. The van der Waals surface area contributed by atoms with Crippen LogP contribution in [-0.2, 0) is 16.6 Å². The molecule has 2 aromatic carbocycles. The summed E-state index contributed by atoms with van der Waals surface area (Å²) in [6, 6.07) is 13.6. The normalized spacial score (nSPS) is 16.4. The molecule has 1 aliphatic rings. The van der Waals surface area contributed by atoms with Gasteiger partial charge in [0, 0.05) is 31.7 Å². The Bertz CT molecular complexity index is 819. The lowest BCUT2D eigenvalue weighted by molar-refractivity contribution is 0.0530. The van der Waals surface area contributed by atoms with Crippen molar-refractivity contribution in [1.82, 2.24) is 10.6 Å². The third-order valence-electron chi connectivity index (χ3n) is 5.42. The second-order valence-corrected chi connectivity index (χ2v) is 7.37. The molecule has 0 aromatic heterocycles. The lowest BCUT2D eigenvalue weighted by Crippen LogP contribution is -2.41. The van der Waals surface area contributed by atoms with Crippen LogP contribution in [0.25, 0.3) is 0 Å². The van der Waals surface area contributed by atoms with Crippen LogP contribution in [0.4, 0.5) is 8.78 Å². The standard InChI is InChI=1S/C23H29F2N3O/c1-2-26-22(27-13-10-18-6-3-4-9-21(18)25)28-17-23(11-14-29-15-12-23)19-7-5-8-20(24)16-19/h3-9,16H,2,10-15,17H2,1H3,(H2,26,27,28). The van der Waals surface area contributed by atoms with Crippen LogP contribution in [0.15, 0.2) is 53.5 Å².